The number of benzene rings is 1. The van der Waals surface area contributed by atoms with Gasteiger partial charge in [0.05, 0.1) is 13.7 Å². The van der Waals surface area contributed by atoms with E-state index in [0.29, 0.717) is 12.3 Å². The van der Waals surface area contributed by atoms with E-state index in [4.69, 9.17) is 9.47 Å². The maximum absolute atomic E-state index is 12.5. The summed E-state index contributed by atoms with van der Waals surface area (Å²) >= 11 is 0. The van der Waals surface area contributed by atoms with Crippen LogP contribution in [0.5, 0.6) is 5.75 Å². The molecule has 22 heavy (non-hydrogen) atoms. The molecule has 1 fully saturated rings. The van der Waals surface area contributed by atoms with E-state index in [1.165, 1.54) is 0 Å². The number of carbonyl (C=O) groups excluding carboxylic acids is 1. The molecule has 0 radical (unpaired) electrons. The van der Waals surface area contributed by atoms with Crippen molar-refractivity contribution in [2.24, 2.45) is 5.92 Å². The van der Waals surface area contributed by atoms with Crippen molar-refractivity contribution in [3.63, 3.8) is 0 Å². The number of methoxy groups -OCH3 is 2. The predicted molar refractivity (Wildman–Crippen MR) is 87.2 cm³/mol. The van der Waals surface area contributed by atoms with Crippen molar-refractivity contribution in [2.75, 3.05) is 33.9 Å². The fraction of sp³-hybridized carbons (Fsp3) is 0.611. The van der Waals surface area contributed by atoms with E-state index >= 15 is 0 Å². The Bertz CT molecular complexity index is 487. The largest absolute Gasteiger partial charge is 0.497 e. The van der Waals surface area contributed by atoms with Gasteiger partial charge in [0.25, 0.3) is 0 Å². The standard InChI is InChI=1S/C18H27NO3/c1-14(16-7-4-8-17(11-16)22-3)10-18(20)19-9-5-6-15(12-19)13-21-2/h4,7-8,11,14-15H,5-6,9-10,12-13H2,1-3H3/t14-,15+/m0/s1. The van der Waals surface area contributed by atoms with Gasteiger partial charge < -0.3 is 14.4 Å². The molecule has 122 valence electrons. The zero-order chi connectivity index (χ0) is 15.9. The van der Waals surface area contributed by atoms with Crippen LogP contribution in [-0.4, -0.2) is 44.7 Å². The number of piperidine rings is 1. The Morgan fingerprint density at radius 2 is 2.23 bits per heavy atom. The van der Waals surface area contributed by atoms with Gasteiger partial charge in [-0.3, -0.25) is 4.79 Å². The Balaban J connectivity index is 1.92. The van der Waals surface area contributed by atoms with Gasteiger partial charge in [0.1, 0.15) is 5.75 Å². The third kappa shape index (κ3) is 4.47. The normalized spacial score (nSPS) is 19.8. The molecule has 4 heteroatoms. The van der Waals surface area contributed by atoms with Gasteiger partial charge in [-0.2, -0.15) is 0 Å². The minimum atomic E-state index is 0.199. The van der Waals surface area contributed by atoms with Gasteiger partial charge in [0.15, 0.2) is 0 Å². The summed E-state index contributed by atoms with van der Waals surface area (Å²) < 4.78 is 10.5. The van der Waals surface area contributed by atoms with Crippen LogP contribution in [0.3, 0.4) is 0 Å². The summed E-state index contributed by atoms with van der Waals surface area (Å²) in [6, 6.07) is 7.98. The zero-order valence-electron chi connectivity index (χ0n) is 13.9. The topological polar surface area (TPSA) is 38.8 Å². The SMILES string of the molecule is COC[C@@H]1CCCN(C(=O)C[C@H](C)c2cccc(OC)c2)C1. The zero-order valence-corrected chi connectivity index (χ0v) is 13.9. The van der Waals surface area contributed by atoms with Crippen molar-refractivity contribution in [1.29, 1.82) is 0 Å². The highest BCUT2D eigenvalue weighted by molar-refractivity contribution is 5.77. The molecular formula is C18H27NO3. The van der Waals surface area contributed by atoms with E-state index in [-0.39, 0.29) is 11.8 Å². The third-order valence-corrected chi connectivity index (χ3v) is 4.42. The Morgan fingerprint density at radius 3 is 2.95 bits per heavy atom. The molecule has 0 N–H and O–H groups in total. The van der Waals surface area contributed by atoms with Crippen molar-refractivity contribution < 1.29 is 14.3 Å². The molecule has 2 atom stereocenters. The van der Waals surface area contributed by atoms with Gasteiger partial charge in [-0.25, -0.2) is 0 Å². The first-order valence-corrected chi connectivity index (χ1v) is 8.04. The molecule has 1 saturated heterocycles. The molecule has 0 aromatic heterocycles. The maximum atomic E-state index is 12.5. The average Bonchev–Trinajstić information content (AvgIpc) is 2.55. The van der Waals surface area contributed by atoms with E-state index in [0.717, 1.165) is 43.9 Å². The first-order chi connectivity index (χ1) is 10.6. The highest BCUT2D eigenvalue weighted by Crippen LogP contribution is 2.25. The molecule has 1 heterocycles. The van der Waals surface area contributed by atoms with Crippen LogP contribution in [0.15, 0.2) is 24.3 Å². The molecule has 4 nitrogen and oxygen atoms in total. The van der Waals surface area contributed by atoms with Gasteiger partial charge in [0, 0.05) is 26.6 Å². The van der Waals surface area contributed by atoms with Crippen molar-refractivity contribution in [2.45, 2.75) is 32.1 Å². The number of hydrogen-bond acceptors (Lipinski definition) is 3. The summed E-state index contributed by atoms with van der Waals surface area (Å²) in [4.78, 5) is 14.5. The van der Waals surface area contributed by atoms with Crippen LogP contribution in [0.1, 0.15) is 37.7 Å². The predicted octanol–water partition coefficient (Wildman–Crippen LogP) is 3.07. The minimum absolute atomic E-state index is 0.199. The molecule has 1 aromatic carbocycles. The van der Waals surface area contributed by atoms with E-state index in [2.05, 4.69) is 13.0 Å². The van der Waals surface area contributed by atoms with Crippen LogP contribution >= 0.6 is 0 Å². The molecule has 1 aromatic rings. The lowest BCUT2D eigenvalue weighted by Gasteiger charge is -2.33. The highest BCUT2D eigenvalue weighted by atomic mass is 16.5. The van der Waals surface area contributed by atoms with Gasteiger partial charge in [-0.15, -0.1) is 0 Å². The smallest absolute Gasteiger partial charge is 0.223 e. The number of likely N-dealkylation sites (tertiary alicyclic amines) is 1. The molecule has 0 unspecified atom stereocenters. The van der Waals surface area contributed by atoms with Crippen LogP contribution in [0.4, 0.5) is 0 Å². The lowest BCUT2D eigenvalue weighted by molar-refractivity contribution is -0.133. The van der Waals surface area contributed by atoms with Crippen LogP contribution in [0.2, 0.25) is 0 Å². The number of rotatable bonds is 6. The average molecular weight is 305 g/mol. The molecule has 2 rings (SSSR count). The quantitative estimate of drug-likeness (QED) is 0.811. The van der Waals surface area contributed by atoms with Crippen LogP contribution in [0.25, 0.3) is 0 Å². The fourth-order valence-corrected chi connectivity index (χ4v) is 3.12. The second-order valence-corrected chi connectivity index (χ2v) is 6.19. The lowest BCUT2D eigenvalue weighted by atomic mass is 9.95. The van der Waals surface area contributed by atoms with Crippen molar-refractivity contribution in [3.05, 3.63) is 29.8 Å². The van der Waals surface area contributed by atoms with Crippen LogP contribution < -0.4 is 4.74 Å². The van der Waals surface area contributed by atoms with E-state index in [9.17, 15) is 4.79 Å². The molecule has 1 aliphatic rings. The van der Waals surface area contributed by atoms with Crippen LogP contribution in [-0.2, 0) is 9.53 Å². The Hall–Kier alpha value is -1.55. The number of carbonyl (C=O) groups is 1. The number of amides is 1. The summed E-state index contributed by atoms with van der Waals surface area (Å²) in [5, 5.41) is 0. The minimum Gasteiger partial charge on any atom is -0.497 e. The molecule has 0 bridgehead atoms. The molecule has 0 saturated carbocycles. The molecule has 0 spiro atoms. The van der Waals surface area contributed by atoms with Gasteiger partial charge in [-0.1, -0.05) is 19.1 Å². The van der Waals surface area contributed by atoms with E-state index < -0.39 is 0 Å². The summed E-state index contributed by atoms with van der Waals surface area (Å²) in [6.45, 7) is 4.56. The summed E-state index contributed by atoms with van der Waals surface area (Å²) in [5.74, 6) is 1.77. The van der Waals surface area contributed by atoms with Crippen molar-refractivity contribution in [1.82, 2.24) is 4.90 Å². The van der Waals surface area contributed by atoms with Crippen molar-refractivity contribution in [3.8, 4) is 5.75 Å². The van der Waals surface area contributed by atoms with Crippen molar-refractivity contribution >= 4 is 5.91 Å². The molecule has 0 aliphatic carbocycles. The van der Waals surface area contributed by atoms with Crippen LogP contribution in [0, 0.1) is 5.92 Å². The third-order valence-electron chi connectivity index (χ3n) is 4.42. The molecule has 1 amide bonds. The monoisotopic (exact) mass is 305 g/mol. The second-order valence-electron chi connectivity index (χ2n) is 6.19. The number of nitrogens with zero attached hydrogens (tertiary/aromatic N) is 1. The van der Waals surface area contributed by atoms with Gasteiger partial charge in [-0.05, 0) is 42.4 Å². The Labute approximate surface area is 133 Å². The van der Waals surface area contributed by atoms with E-state index in [1.807, 2.05) is 23.1 Å². The highest BCUT2D eigenvalue weighted by Gasteiger charge is 2.24. The first-order valence-electron chi connectivity index (χ1n) is 8.04. The maximum Gasteiger partial charge on any atom is 0.223 e. The number of ether oxygens (including phenoxy) is 2. The molecular weight excluding hydrogens is 278 g/mol. The van der Waals surface area contributed by atoms with E-state index in [1.54, 1.807) is 14.2 Å². The summed E-state index contributed by atoms with van der Waals surface area (Å²) in [7, 11) is 3.39. The Kier molecular flexibility index (Phi) is 6.25. The molecule has 1 aliphatic heterocycles. The first kappa shape index (κ1) is 16.8. The fourth-order valence-electron chi connectivity index (χ4n) is 3.12. The summed E-state index contributed by atoms with van der Waals surface area (Å²) in [5.41, 5.74) is 1.15. The van der Waals surface area contributed by atoms with Gasteiger partial charge in [0.2, 0.25) is 5.91 Å². The number of hydrogen-bond donors (Lipinski definition) is 0. The van der Waals surface area contributed by atoms with Gasteiger partial charge >= 0.3 is 0 Å². The lowest BCUT2D eigenvalue weighted by Crippen LogP contribution is -2.41. The summed E-state index contributed by atoms with van der Waals surface area (Å²) in [6.07, 6.45) is 2.78. The Morgan fingerprint density at radius 1 is 1.41 bits per heavy atom. The second kappa shape index (κ2) is 8.18.